The van der Waals surface area contributed by atoms with Gasteiger partial charge in [0.1, 0.15) is 0 Å². The molecule has 0 radical (unpaired) electrons. The van der Waals surface area contributed by atoms with Gasteiger partial charge in [0.25, 0.3) is 5.88 Å². The summed E-state index contributed by atoms with van der Waals surface area (Å²) in [5.74, 6) is -1.68. The molecule has 0 aliphatic rings. The van der Waals surface area contributed by atoms with Gasteiger partial charge in [-0.05, 0) is 20.8 Å². The fourth-order valence-corrected chi connectivity index (χ4v) is 1.05. The second kappa shape index (κ2) is 4.91. The minimum Gasteiger partial charge on any atom is -0.473 e. The van der Waals surface area contributed by atoms with Crippen molar-refractivity contribution in [3.05, 3.63) is 17.7 Å². The third kappa shape index (κ3) is 3.04. The summed E-state index contributed by atoms with van der Waals surface area (Å²) in [5.41, 5.74) is 0. The van der Waals surface area contributed by atoms with Crippen LogP contribution in [0.4, 0.5) is 14.6 Å². The number of hydrogen-bond acceptors (Lipinski definition) is 3. The van der Waals surface area contributed by atoms with Gasteiger partial charge in [-0.15, -0.1) is 0 Å². The van der Waals surface area contributed by atoms with Crippen molar-refractivity contribution in [2.75, 3.05) is 11.9 Å². The van der Waals surface area contributed by atoms with Gasteiger partial charge in [-0.3, -0.25) is 0 Å². The quantitative estimate of drug-likeness (QED) is 0.839. The largest absolute Gasteiger partial charge is 0.473 e. The van der Waals surface area contributed by atoms with Crippen molar-refractivity contribution in [3.8, 4) is 5.88 Å². The van der Waals surface area contributed by atoms with Gasteiger partial charge in [0, 0.05) is 12.6 Å². The first-order chi connectivity index (χ1) is 7.04. The second-order valence-electron chi connectivity index (χ2n) is 3.30. The van der Waals surface area contributed by atoms with E-state index in [1.54, 1.807) is 20.8 Å². The molecule has 0 fully saturated rings. The predicted molar refractivity (Wildman–Crippen MR) is 54.1 cm³/mol. The fourth-order valence-electron chi connectivity index (χ4n) is 1.05. The Labute approximate surface area is 87.5 Å². The zero-order valence-electron chi connectivity index (χ0n) is 8.97. The lowest BCUT2D eigenvalue weighted by molar-refractivity contribution is 0.220. The fraction of sp³-hybridized carbons (Fsp3) is 0.500. The molecule has 3 nitrogen and oxygen atoms in total. The van der Waals surface area contributed by atoms with E-state index in [0.717, 1.165) is 6.07 Å². The van der Waals surface area contributed by atoms with Crippen LogP contribution < -0.4 is 10.1 Å². The Morgan fingerprint density at radius 2 is 2.07 bits per heavy atom. The Kier molecular flexibility index (Phi) is 3.82. The van der Waals surface area contributed by atoms with Gasteiger partial charge in [0.05, 0.1) is 6.10 Å². The van der Waals surface area contributed by atoms with E-state index in [9.17, 15) is 8.78 Å². The lowest BCUT2D eigenvalue weighted by Crippen LogP contribution is -2.11. The third-order valence-electron chi connectivity index (χ3n) is 1.59. The molecule has 0 aliphatic heterocycles. The molecule has 0 saturated heterocycles. The maximum Gasteiger partial charge on any atom is 0.252 e. The highest BCUT2D eigenvalue weighted by molar-refractivity contribution is 5.39. The normalized spacial score (nSPS) is 10.5. The van der Waals surface area contributed by atoms with Gasteiger partial charge in [-0.25, -0.2) is 8.78 Å². The standard InChI is InChI=1S/C10H14F2N2O/c1-4-13-9-7(11)5-8(12)10(14-9)15-6(2)3/h5-6H,4H2,1-3H3,(H,13,14). The molecule has 1 aromatic rings. The number of hydrogen-bond donors (Lipinski definition) is 1. The van der Waals surface area contributed by atoms with Crippen molar-refractivity contribution in [2.45, 2.75) is 26.9 Å². The van der Waals surface area contributed by atoms with Crippen LogP contribution in [0.15, 0.2) is 6.07 Å². The SMILES string of the molecule is CCNc1nc(OC(C)C)c(F)cc1F. The number of aromatic nitrogens is 1. The van der Waals surface area contributed by atoms with Crippen molar-refractivity contribution in [3.63, 3.8) is 0 Å². The van der Waals surface area contributed by atoms with Crippen LogP contribution >= 0.6 is 0 Å². The van der Waals surface area contributed by atoms with E-state index in [4.69, 9.17) is 4.74 Å². The first-order valence-electron chi connectivity index (χ1n) is 4.81. The van der Waals surface area contributed by atoms with Crippen LogP contribution in [-0.2, 0) is 0 Å². The summed E-state index contributed by atoms with van der Waals surface area (Å²) in [5, 5.41) is 2.68. The number of nitrogens with one attached hydrogen (secondary N) is 1. The number of anilines is 1. The molecule has 1 aromatic heterocycles. The number of rotatable bonds is 4. The van der Waals surface area contributed by atoms with Gasteiger partial charge in [0.15, 0.2) is 17.5 Å². The van der Waals surface area contributed by atoms with E-state index in [2.05, 4.69) is 10.3 Å². The third-order valence-corrected chi connectivity index (χ3v) is 1.59. The Hall–Kier alpha value is -1.39. The summed E-state index contributed by atoms with van der Waals surface area (Å²) in [6, 6.07) is 0.767. The molecule has 0 saturated carbocycles. The number of ether oxygens (including phenoxy) is 1. The van der Waals surface area contributed by atoms with Gasteiger partial charge in [-0.2, -0.15) is 4.98 Å². The van der Waals surface area contributed by atoms with Crippen LogP contribution in [0.1, 0.15) is 20.8 Å². The molecule has 84 valence electrons. The highest BCUT2D eigenvalue weighted by atomic mass is 19.1. The molecule has 1 N–H and O–H groups in total. The van der Waals surface area contributed by atoms with Gasteiger partial charge >= 0.3 is 0 Å². The number of nitrogens with zero attached hydrogens (tertiary/aromatic N) is 1. The van der Waals surface area contributed by atoms with E-state index < -0.39 is 11.6 Å². The highest BCUT2D eigenvalue weighted by Crippen LogP contribution is 2.21. The van der Waals surface area contributed by atoms with Crippen molar-refractivity contribution >= 4 is 5.82 Å². The molecule has 5 heteroatoms. The van der Waals surface area contributed by atoms with Crippen LogP contribution in [0.2, 0.25) is 0 Å². The van der Waals surface area contributed by atoms with Crippen LogP contribution in [0.25, 0.3) is 0 Å². The van der Waals surface area contributed by atoms with Gasteiger partial charge in [-0.1, -0.05) is 0 Å². The number of halogens is 2. The minimum atomic E-state index is -0.789. The average Bonchev–Trinajstić information content (AvgIpc) is 2.12. The van der Waals surface area contributed by atoms with Crippen LogP contribution in [-0.4, -0.2) is 17.6 Å². The first-order valence-corrected chi connectivity index (χ1v) is 4.81. The summed E-state index contributed by atoms with van der Waals surface area (Å²) in [6.45, 7) is 5.80. The Bertz CT molecular complexity index is 342. The Morgan fingerprint density at radius 3 is 2.60 bits per heavy atom. The molecule has 1 rings (SSSR count). The van der Waals surface area contributed by atoms with E-state index in [-0.39, 0.29) is 17.8 Å². The maximum atomic E-state index is 13.2. The van der Waals surface area contributed by atoms with Crippen LogP contribution in [0, 0.1) is 11.6 Å². The molecule has 0 atom stereocenters. The predicted octanol–water partition coefficient (Wildman–Crippen LogP) is 2.58. The van der Waals surface area contributed by atoms with E-state index in [0.29, 0.717) is 6.54 Å². The molecule has 0 bridgehead atoms. The summed E-state index contributed by atoms with van der Waals surface area (Å²) in [4.78, 5) is 3.72. The molecule has 0 aromatic carbocycles. The lowest BCUT2D eigenvalue weighted by atomic mass is 10.4. The summed E-state index contributed by atoms with van der Waals surface area (Å²) in [6.07, 6.45) is -0.202. The zero-order chi connectivity index (χ0) is 11.4. The molecular formula is C10H14F2N2O. The van der Waals surface area contributed by atoms with E-state index in [1.165, 1.54) is 0 Å². The Balaban J connectivity index is 3.00. The van der Waals surface area contributed by atoms with Crippen molar-refractivity contribution in [2.24, 2.45) is 0 Å². The van der Waals surface area contributed by atoms with Crippen molar-refractivity contribution in [1.82, 2.24) is 4.98 Å². The van der Waals surface area contributed by atoms with E-state index >= 15 is 0 Å². The molecule has 0 spiro atoms. The maximum absolute atomic E-state index is 13.2. The number of pyridine rings is 1. The molecule has 0 unspecified atom stereocenters. The average molecular weight is 216 g/mol. The first kappa shape index (κ1) is 11.7. The monoisotopic (exact) mass is 216 g/mol. The molecule has 0 amide bonds. The topological polar surface area (TPSA) is 34.2 Å². The zero-order valence-corrected chi connectivity index (χ0v) is 8.97. The van der Waals surface area contributed by atoms with Crippen LogP contribution in [0.3, 0.4) is 0 Å². The molecular weight excluding hydrogens is 202 g/mol. The smallest absolute Gasteiger partial charge is 0.252 e. The van der Waals surface area contributed by atoms with Gasteiger partial charge in [0.2, 0.25) is 0 Å². The minimum absolute atomic E-state index is 0.00884. The lowest BCUT2D eigenvalue weighted by Gasteiger charge is -2.11. The van der Waals surface area contributed by atoms with Crippen LogP contribution in [0.5, 0.6) is 5.88 Å². The van der Waals surface area contributed by atoms with Gasteiger partial charge < -0.3 is 10.1 Å². The van der Waals surface area contributed by atoms with E-state index in [1.807, 2.05) is 0 Å². The molecule has 1 heterocycles. The summed E-state index contributed by atoms with van der Waals surface area (Å²) >= 11 is 0. The highest BCUT2D eigenvalue weighted by Gasteiger charge is 2.13. The summed E-state index contributed by atoms with van der Waals surface area (Å²) in [7, 11) is 0. The Morgan fingerprint density at radius 1 is 1.40 bits per heavy atom. The summed E-state index contributed by atoms with van der Waals surface area (Å²) < 4.78 is 31.4. The second-order valence-corrected chi connectivity index (χ2v) is 3.30. The molecule has 15 heavy (non-hydrogen) atoms. The van der Waals surface area contributed by atoms with Crippen molar-refractivity contribution in [1.29, 1.82) is 0 Å². The van der Waals surface area contributed by atoms with Crippen molar-refractivity contribution < 1.29 is 13.5 Å². The molecule has 0 aliphatic carbocycles.